The van der Waals surface area contributed by atoms with Gasteiger partial charge < -0.3 is 5.11 Å². The minimum absolute atomic E-state index is 0.296. The van der Waals surface area contributed by atoms with Crippen LogP contribution in [0.4, 0.5) is 5.69 Å². The van der Waals surface area contributed by atoms with Crippen molar-refractivity contribution in [2.75, 3.05) is 0 Å². The molecule has 0 bridgehead atoms. The number of aryl methyl sites for hydroxylation is 1. The van der Waals surface area contributed by atoms with Crippen molar-refractivity contribution in [3.05, 3.63) is 63.7 Å². The van der Waals surface area contributed by atoms with Gasteiger partial charge in [-0.05, 0) is 36.2 Å². The van der Waals surface area contributed by atoms with Gasteiger partial charge in [0.25, 0.3) is 5.69 Å². The molecular weight excluding hydrogens is 290 g/mol. The van der Waals surface area contributed by atoms with Crippen LogP contribution in [0, 0.1) is 10.1 Å². The molecule has 108 valence electrons. The molecule has 5 nitrogen and oxygen atoms in total. The van der Waals surface area contributed by atoms with Gasteiger partial charge in [0.2, 0.25) is 0 Å². The second-order valence-electron chi connectivity index (χ2n) is 4.34. The number of nitro benzene ring substituents is 1. The Labute approximate surface area is 125 Å². The average molecular weight is 303 g/mol. The Kier molecular flexibility index (Phi) is 4.59. The highest BCUT2D eigenvalue weighted by Crippen LogP contribution is 2.31. The average Bonchev–Trinajstić information content (AvgIpc) is 2.47. The molecule has 0 atom stereocenters. The van der Waals surface area contributed by atoms with Gasteiger partial charge in [-0.15, -0.1) is 0 Å². The lowest BCUT2D eigenvalue weighted by Crippen LogP contribution is -2.02. The monoisotopic (exact) mass is 303 g/mol. The van der Waals surface area contributed by atoms with Gasteiger partial charge >= 0.3 is 5.97 Å². The zero-order chi connectivity index (χ0) is 15.4. The highest BCUT2D eigenvalue weighted by molar-refractivity contribution is 7.99. The third kappa shape index (κ3) is 3.61. The number of carbonyl (C=O) groups is 1. The fourth-order valence-electron chi connectivity index (χ4n) is 1.84. The zero-order valence-corrected chi connectivity index (χ0v) is 12.1. The molecule has 0 aliphatic rings. The molecule has 21 heavy (non-hydrogen) atoms. The summed E-state index contributed by atoms with van der Waals surface area (Å²) in [7, 11) is 0. The molecule has 0 fully saturated rings. The smallest absolute Gasteiger partial charge is 0.342 e. The number of benzene rings is 2. The lowest BCUT2D eigenvalue weighted by molar-refractivity contribution is -0.385. The number of carboxylic acids is 1. The van der Waals surface area contributed by atoms with Crippen LogP contribution in [0.1, 0.15) is 22.8 Å². The van der Waals surface area contributed by atoms with Crippen molar-refractivity contribution in [2.24, 2.45) is 0 Å². The molecule has 0 saturated heterocycles. The molecule has 0 aliphatic carbocycles. The van der Waals surface area contributed by atoms with Crippen LogP contribution in [0.25, 0.3) is 0 Å². The van der Waals surface area contributed by atoms with Gasteiger partial charge in [-0.1, -0.05) is 30.8 Å². The van der Waals surface area contributed by atoms with E-state index in [0.29, 0.717) is 4.90 Å². The maximum atomic E-state index is 11.1. The van der Waals surface area contributed by atoms with E-state index < -0.39 is 16.6 Å². The van der Waals surface area contributed by atoms with E-state index in [1.54, 1.807) is 6.07 Å². The van der Waals surface area contributed by atoms with Crippen molar-refractivity contribution < 1.29 is 14.8 Å². The van der Waals surface area contributed by atoms with Gasteiger partial charge in [0, 0.05) is 15.9 Å². The quantitative estimate of drug-likeness (QED) is 0.667. The molecule has 0 unspecified atom stereocenters. The SMILES string of the molecule is CCc1ccc(Sc2ccc([N+](=O)[O-])c(C(=O)O)c2)cc1. The number of rotatable bonds is 5. The maximum Gasteiger partial charge on any atom is 0.342 e. The zero-order valence-electron chi connectivity index (χ0n) is 11.3. The molecule has 0 spiro atoms. The van der Waals surface area contributed by atoms with Crippen LogP contribution in [0.3, 0.4) is 0 Å². The maximum absolute atomic E-state index is 11.1. The molecule has 0 radical (unpaired) electrons. The van der Waals surface area contributed by atoms with Crippen LogP contribution in [-0.2, 0) is 6.42 Å². The summed E-state index contributed by atoms with van der Waals surface area (Å²) >= 11 is 1.37. The molecule has 0 aromatic heterocycles. The standard InChI is InChI=1S/C15H13NO4S/c1-2-10-3-5-11(6-4-10)21-12-7-8-14(16(19)20)13(9-12)15(17)18/h3-9H,2H2,1H3,(H,17,18). The minimum atomic E-state index is -1.30. The van der Waals surface area contributed by atoms with E-state index in [-0.39, 0.29) is 5.56 Å². The van der Waals surface area contributed by atoms with E-state index >= 15 is 0 Å². The Morgan fingerprint density at radius 2 is 1.81 bits per heavy atom. The van der Waals surface area contributed by atoms with Crippen LogP contribution < -0.4 is 0 Å². The summed E-state index contributed by atoms with van der Waals surface area (Å²) in [6, 6.07) is 12.0. The fraction of sp³-hybridized carbons (Fsp3) is 0.133. The van der Waals surface area contributed by atoms with Gasteiger partial charge in [-0.2, -0.15) is 0 Å². The minimum Gasteiger partial charge on any atom is -0.477 e. The van der Waals surface area contributed by atoms with Crippen LogP contribution in [0.5, 0.6) is 0 Å². The van der Waals surface area contributed by atoms with Gasteiger partial charge in [-0.3, -0.25) is 10.1 Å². The number of nitro groups is 1. The van der Waals surface area contributed by atoms with Crippen molar-refractivity contribution in [1.82, 2.24) is 0 Å². The summed E-state index contributed by atoms with van der Waals surface area (Å²) in [5.41, 5.74) is 0.526. The van der Waals surface area contributed by atoms with Crippen LogP contribution in [-0.4, -0.2) is 16.0 Å². The molecule has 6 heteroatoms. The van der Waals surface area contributed by atoms with Crippen LogP contribution in [0.2, 0.25) is 0 Å². The lowest BCUT2D eigenvalue weighted by atomic mass is 10.2. The van der Waals surface area contributed by atoms with Crippen molar-refractivity contribution in [3.8, 4) is 0 Å². The highest BCUT2D eigenvalue weighted by atomic mass is 32.2. The molecule has 2 aromatic carbocycles. The van der Waals surface area contributed by atoms with Gasteiger partial charge in [0.05, 0.1) is 4.92 Å². The van der Waals surface area contributed by atoms with Gasteiger partial charge in [0.15, 0.2) is 0 Å². The number of hydrogen-bond acceptors (Lipinski definition) is 4. The number of hydrogen-bond donors (Lipinski definition) is 1. The Morgan fingerprint density at radius 1 is 1.19 bits per heavy atom. The first-order valence-corrected chi connectivity index (χ1v) is 7.11. The van der Waals surface area contributed by atoms with E-state index in [2.05, 4.69) is 6.92 Å². The number of nitrogens with zero attached hydrogens (tertiary/aromatic N) is 1. The molecule has 1 N–H and O–H groups in total. The van der Waals surface area contributed by atoms with Gasteiger partial charge in [-0.25, -0.2) is 4.79 Å². The van der Waals surface area contributed by atoms with Crippen LogP contribution in [0.15, 0.2) is 52.3 Å². The highest BCUT2D eigenvalue weighted by Gasteiger charge is 2.20. The predicted molar refractivity (Wildman–Crippen MR) is 80.0 cm³/mol. The summed E-state index contributed by atoms with van der Waals surface area (Å²) in [5.74, 6) is -1.30. The molecule has 0 heterocycles. The summed E-state index contributed by atoms with van der Waals surface area (Å²) in [4.78, 5) is 22.8. The largest absolute Gasteiger partial charge is 0.477 e. The lowest BCUT2D eigenvalue weighted by Gasteiger charge is -2.05. The van der Waals surface area contributed by atoms with E-state index in [1.807, 2.05) is 24.3 Å². The van der Waals surface area contributed by atoms with Gasteiger partial charge in [0.1, 0.15) is 5.56 Å². The van der Waals surface area contributed by atoms with E-state index in [1.165, 1.54) is 29.5 Å². The fourth-order valence-corrected chi connectivity index (χ4v) is 2.70. The molecule has 0 saturated carbocycles. The van der Waals surface area contributed by atoms with Crippen molar-refractivity contribution in [1.29, 1.82) is 0 Å². The Bertz CT molecular complexity index is 683. The summed E-state index contributed by atoms with van der Waals surface area (Å²) < 4.78 is 0. The third-order valence-corrected chi connectivity index (χ3v) is 3.96. The Balaban J connectivity index is 2.29. The molecule has 0 aliphatic heterocycles. The first-order valence-electron chi connectivity index (χ1n) is 6.29. The molecular formula is C15H13NO4S. The van der Waals surface area contributed by atoms with E-state index in [0.717, 1.165) is 11.3 Å². The summed E-state index contributed by atoms with van der Waals surface area (Å²) in [6.07, 6.45) is 0.950. The van der Waals surface area contributed by atoms with Crippen LogP contribution >= 0.6 is 11.8 Å². The summed E-state index contributed by atoms with van der Waals surface area (Å²) in [5, 5.41) is 19.9. The number of carboxylic acid groups (broad SMARTS) is 1. The summed E-state index contributed by atoms with van der Waals surface area (Å²) in [6.45, 7) is 2.07. The third-order valence-electron chi connectivity index (χ3n) is 2.96. The van der Waals surface area contributed by atoms with E-state index in [9.17, 15) is 14.9 Å². The first-order chi connectivity index (χ1) is 10.0. The first kappa shape index (κ1) is 15.1. The number of aromatic carboxylic acids is 1. The van der Waals surface area contributed by atoms with E-state index in [4.69, 9.17) is 5.11 Å². The normalized spacial score (nSPS) is 10.3. The second-order valence-corrected chi connectivity index (χ2v) is 5.49. The topological polar surface area (TPSA) is 80.4 Å². The van der Waals surface area contributed by atoms with Crippen molar-refractivity contribution >= 4 is 23.4 Å². The molecule has 0 amide bonds. The molecule has 2 aromatic rings. The molecule has 2 rings (SSSR count). The predicted octanol–water partition coefficient (Wildman–Crippen LogP) is 4.01. The van der Waals surface area contributed by atoms with Crippen molar-refractivity contribution in [3.63, 3.8) is 0 Å². The Morgan fingerprint density at radius 3 is 2.33 bits per heavy atom. The second kappa shape index (κ2) is 6.41. The van der Waals surface area contributed by atoms with Crippen molar-refractivity contribution in [2.45, 2.75) is 23.1 Å². The Hall–Kier alpha value is -2.34.